The predicted octanol–water partition coefficient (Wildman–Crippen LogP) is 5.35. The van der Waals surface area contributed by atoms with Crippen LogP contribution in [0.4, 0.5) is 0 Å². The number of hydrogen-bond acceptors (Lipinski definition) is 1. The molecule has 1 unspecified atom stereocenters. The Morgan fingerprint density at radius 3 is 2.28 bits per heavy atom. The van der Waals surface area contributed by atoms with Gasteiger partial charge in [0, 0.05) is 0 Å². The average molecular weight is 248 g/mol. The Labute approximate surface area is 113 Å². The van der Waals surface area contributed by atoms with Gasteiger partial charge in [-0.25, -0.2) is 0 Å². The van der Waals surface area contributed by atoms with Gasteiger partial charge in [-0.2, -0.15) is 0 Å². The highest BCUT2D eigenvalue weighted by atomic mass is 16.5. The Kier molecular flexibility index (Phi) is 9.08. The lowest BCUT2D eigenvalue weighted by molar-refractivity contribution is 0.408. The van der Waals surface area contributed by atoms with E-state index in [9.17, 15) is 0 Å². The van der Waals surface area contributed by atoms with Crippen molar-refractivity contribution >= 4 is 0 Å². The van der Waals surface area contributed by atoms with Crippen molar-refractivity contribution < 1.29 is 4.74 Å². The smallest absolute Gasteiger partial charge is 0.122 e. The molecular weight excluding hydrogens is 220 g/mol. The molecule has 0 aliphatic heterocycles. The van der Waals surface area contributed by atoms with Crippen molar-refractivity contribution in [1.29, 1.82) is 0 Å². The van der Waals surface area contributed by atoms with Crippen LogP contribution in [-0.2, 0) is 6.42 Å². The van der Waals surface area contributed by atoms with E-state index in [4.69, 9.17) is 4.74 Å². The summed E-state index contributed by atoms with van der Waals surface area (Å²) in [5.74, 6) is 1.74. The molecule has 0 saturated heterocycles. The number of methoxy groups -OCH3 is 1. The first-order valence-electron chi connectivity index (χ1n) is 6.93. The molecular formula is C17H28O. The van der Waals surface area contributed by atoms with E-state index in [2.05, 4.69) is 52.1 Å². The maximum Gasteiger partial charge on any atom is 0.122 e. The standard InChI is InChI=1S/C15H24O.C2H4/c1-5-8-12(6-2)14-10-9-13(7-3)15(11-14)16-4;1-2/h9-12H,5-8H2,1-4H3;1-2H2. The highest BCUT2D eigenvalue weighted by molar-refractivity contribution is 5.38. The number of rotatable bonds is 6. The highest BCUT2D eigenvalue weighted by Gasteiger charge is 2.10. The maximum absolute atomic E-state index is 5.45. The molecule has 0 heterocycles. The molecule has 0 radical (unpaired) electrons. The lowest BCUT2D eigenvalue weighted by Crippen LogP contribution is -1.99. The van der Waals surface area contributed by atoms with Crippen molar-refractivity contribution in [2.24, 2.45) is 0 Å². The quantitative estimate of drug-likeness (QED) is 0.616. The Hall–Kier alpha value is -1.24. The summed E-state index contributed by atoms with van der Waals surface area (Å²) in [7, 11) is 1.76. The average Bonchev–Trinajstić information content (AvgIpc) is 2.46. The van der Waals surface area contributed by atoms with Gasteiger partial charge in [-0.15, -0.1) is 13.2 Å². The molecule has 1 atom stereocenters. The molecule has 0 bridgehead atoms. The normalized spacial score (nSPS) is 11.3. The summed E-state index contributed by atoms with van der Waals surface area (Å²) in [6, 6.07) is 6.71. The number of benzene rings is 1. The van der Waals surface area contributed by atoms with E-state index in [-0.39, 0.29) is 0 Å². The summed E-state index contributed by atoms with van der Waals surface area (Å²) in [6.07, 6.45) is 4.76. The molecule has 0 aliphatic carbocycles. The molecule has 1 heteroatoms. The largest absolute Gasteiger partial charge is 0.496 e. The highest BCUT2D eigenvalue weighted by Crippen LogP contribution is 2.29. The lowest BCUT2D eigenvalue weighted by Gasteiger charge is -2.16. The van der Waals surface area contributed by atoms with E-state index in [0.29, 0.717) is 5.92 Å². The van der Waals surface area contributed by atoms with Crippen LogP contribution in [0.15, 0.2) is 31.4 Å². The molecule has 0 amide bonds. The monoisotopic (exact) mass is 248 g/mol. The maximum atomic E-state index is 5.45. The van der Waals surface area contributed by atoms with Crippen LogP contribution in [0.3, 0.4) is 0 Å². The number of ether oxygens (including phenoxy) is 1. The molecule has 1 nitrogen and oxygen atoms in total. The van der Waals surface area contributed by atoms with Crippen LogP contribution < -0.4 is 4.74 Å². The van der Waals surface area contributed by atoms with E-state index in [1.807, 2.05) is 0 Å². The first kappa shape index (κ1) is 16.8. The molecule has 0 spiro atoms. The number of aryl methyl sites for hydroxylation is 1. The van der Waals surface area contributed by atoms with Gasteiger partial charge in [0.25, 0.3) is 0 Å². The third-order valence-electron chi connectivity index (χ3n) is 3.29. The van der Waals surface area contributed by atoms with E-state index < -0.39 is 0 Å². The lowest BCUT2D eigenvalue weighted by atomic mass is 9.91. The molecule has 0 fully saturated rings. The summed E-state index contributed by atoms with van der Waals surface area (Å²) in [4.78, 5) is 0. The van der Waals surface area contributed by atoms with Crippen molar-refractivity contribution in [2.45, 2.75) is 52.4 Å². The van der Waals surface area contributed by atoms with Crippen LogP contribution in [-0.4, -0.2) is 7.11 Å². The zero-order chi connectivity index (χ0) is 14.0. The summed E-state index contributed by atoms with van der Waals surface area (Å²) in [6.45, 7) is 12.7. The third-order valence-corrected chi connectivity index (χ3v) is 3.29. The minimum Gasteiger partial charge on any atom is -0.496 e. The fraction of sp³-hybridized carbons (Fsp3) is 0.529. The van der Waals surface area contributed by atoms with Crippen molar-refractivity contribution in [2.75, 3.05) is 7.11 Å². The van der Waals surface area contributed by atoms with Gasteiger partial charge in [-0.1, -0.05) is 39.3 Å². The van der Waals surface area contributed by atoms with Crippen LogP contribution in [0.2, 0.25) is 0 Å². The Balaban J connectivity index is 0.00000137. The van der Waals surface area contributed by atoms with Crippen LogP contribution >= 0.6 is 0 Å². The Bertz CT molecular complexity index is 330. The first-order chi connectivity index (χ1) is 8.76. The van der Waals surface area contributed by atoms with Crippen molar-refractivity contribution in [3.05, 3.63) is 42.5 Å². The molecule has 1 aromatic carbocycles. The topological polar surface area (TPSA) is 9.23 Å². The second-order valence-electron chi connectivity index (χ2n) is 4.32. The molecule has 18 heavy (non-hydrogen) atoms. The van der Waals surface area contributed by atoms with E-state index in [1.54, 1.807) is 7.11 Å². The fourth-order valence-electron chi connectivity index (χ4n) is 2.26. The van der Waals surface area contributed by atoms with Gasteiger partial charge in [-0.3, -0.25) is 0 Å². The van der Waals surface area contributed by atoms with Crippen LogP contribution in [0.25, 0.3) is 0 Å². The zero-order valence-corrected chi connectivity index (χ0v) is 12.5. The SMILES string of the molecule is C=C.CCCC(CC)c1ccc(CC)c(OC)c1. The molecule has 102 valence electrons. The molecule has 0 aromatic heterocycles. The summed E-state index contributed by atoms with van der Waals surface area (Å²) < 4.78 is 5.45. The van der Waals surface area contributed by atoms with Gasteiger partial charge >= 0.3 is 0 Å². The van der Waals surface area contributed by atoms with E-state index in [1.165, 1.54) is 30.4 Å². The van der Waals surface area contributed by atoms with Gasteiger partial charge in [0.15, 0.2) is 0 Å². The summed E-state index contributed by atoms with van der Waals surface area (Å²) in [5.41, 5.74) is 2.73. The summed E-state index contributed by atoms with van der Waals surface area (Å²) in [5, 5.41) is 0. The minimum atomic E-state index is 0.685. The van der Waals surface area contributed by atoms with Crippen molar-refractivity contribution in [1.82, 2.24) is 0 Å². The molecule has 0 saturated carbocycles. The Morgan fingerprint density at radius 2 is 1.83 bits per heavy atom. The minimum absolute atomic E-state index is 0.685. The van der Waals surface area contributed by atoms with E-state index >= 15 is 0 Å². The van der Waals surface area contributed by atoms with Crippen LogP contribution in [0.1, 0.15) is 57.1 Å². The predicted molar refractivity (Wildman–Crippen MR) is 81.6 cm³/mol. The molecule has 1 rings (SSSR count). The van der Waals surface area contributed by atoms with Gasteiger partial charge in [-0.05, 0) is 42.4 Å². The van der Waals surface area contributed by atoms with Gasteiger partial charge in [0.05, 0.1) is 7.11 Å². The summed E-state index contributed by atoms with van der Waals surface area (Å²) >= 11 is 0. The second kappa shape index (κ2) is 9.76. The van der Waals surface area contributed by atoms with Crippen LogP contribution in [0, 0.1) is 0 Å². The van der Waals surface area contributed by atoms with Gasteiger partial charge in [0.1, 0.15) is 5.75 Å². The number of hydrogen-bond donors (Lipinski definition) is 0. The van der Waals surface area contributed by atoms with Gasteiger partial charge < -0.3 is 4.74 Å². The fourth-order valence-corrected chi connectivity index (χ4v) is 2.26. The molecule has 1 aromatic rings. The van der Waals surface area contributed by atoms with E-state index in [0.717, 1.165) is 12.2 Å². The third kappa shape index (κ3) is 4.56. The molecule has 0 N–H and O–H groups in total. The van der Waals surface area contributed by atoms with Crippen molar-refractivity contribution in [3.63, 3.8) is 0 Å². The van der Waals surface area contributed by atoms with Crippen molar-refractivity contribution in [3.8, 4) is 5.75 Å². The zero-order valence-electron chi connectivity index (χ0n) is 12.5. The Morgan fingerprint density at radius 1 is 1.17 bits per heavy atom. The first-order valence-corrected chi connectivity index (χ1v) is 6.93. The van der Waals surface area contributed by atoms with Gasteiger partial charge in [0.2, 0.25) is 0 Å². The van der Waals surface area contributed by atoms with Crippen LogP contribution in [0.5, 0.6) is 5.75 Å². The molecule has 0 aliphatic rings. The second-order valence-corrected chi connectivity index (χ2v) is 4.32.